The van der Waals surface area contributed by atoms with Gasteiger partial charge in [0.05, 0.1) is 6.04 Å². The highest BCUT2D eigenvalue weighted by atomic mass is 16.2. The molecule has 0 aliphatic carbocycles. The molecule has 0 N–H and O–H groups in total. The topological polar surface area (TPSA) is 20.3 Å². The molecule has 2 nitrogen and oxygen atoms in total. The van der Waals surface area contributed by atoms with Crippen LogP contribution in [0.25, 0.3) is 0 Å². The van der Waals surface area contributed by atoms with Gasteiger partial charge in [-0.1, -0.05) is 54.1 Å². The minimum absolute atomic E-state index is 0.0637. The zero-order chi connectivity index (χ0) is 13.9. The Morgan fingerprint density at radius 3 is 2.20 bits per heavy atom. The average molecular weight is 263 g/mol. The summed E-state index contributed by atoms with van der Waals surface area (Å²) >= 11 is 0. The predicted molar refractivity (Wildman–Crippen MR) is 81.5 cm³/mol. The molecule has 20 heavy (non-hydrogen) atoms. The highest BCUT2D eigenvalue weighted by molar-refractivity contribution is 6.03. The number of carbonyl (C=O) groups is 1. The predicted octanol–water partition coefficient (Wildman–Crippen LogP) is 4.11. The second kappa shape index (κ2) is 5.33. The number of carbonyl (C=O) groups excluding carboxylic acids is 1. The van der Waals surface area contributed by atoms with Gasteiger partial charge in [-0.05, 0) is 31.0 Å². The number of para-hydroxylation sites is 1. The van der Waals surface area contributed by atoms with E-state index in [1.165, 1.54) is 5.56 Å². The Morgan fingerprint density at radius 2 is 1.55 bits per heavy atom. The molecule has 2 aromatic rings. The lowest BCUT2D eigenvalue weighted by Gasteiger charge is -2.35. The molecule has 2 heteroatoms. The van der Waals surface area contributed by atoms with Gasteiger partial charge in [0.1, 0.15) is 0 Å². The molecule has 3 rings (SSSR count). The summed E-state index contributed by atoms with van der Waals surface area (Å²) in [6.45, 7) is 2.02. The summed E-state index contributed by atoms with van der Waals surface area (Å²) in [5.74, 6) is 0.0637. The zero-order valence-corrected chi connectivity index (χ0v) is 11.5. The van der Waals surface area contributed by atoms with Crippen molar-refractivity contribution < 1.29 is 4.79 Å². The molecule has 1 amide bonds. The maximum Gasteiger partial charge on any atom is 0.251 e. The lowest BCUT2D eigenvalue weighted by molar-refractivity contribution is -0.115. The van der Waals surface area contributed by atoms with E-state index in [0.717, 1.165) is 17.7 Å². The smallest absolute Gasteiger partial charge is 0.251 e. The van der Waals surface area contributed by atoms with Crippen LogP contribution in [-0.4, -0.2) is 5.91 Å². The Hall–Kier alpha value is -2.35. The fourth-order valence-corrected chi connectivity index (χ4v) is 2.73. The molecular formula is C18H17NO. The maximum atomic E-state index is 12.4. The minimum atomic E-state index is 0.0637. The summed E-state index contributed by atoms with van der Waals surface area (Å²) in [7, 11) is 0. The van der Waals surface area contributed by atoms with E-state index in [1.807, 2.05) is 60.4 Å². The summed E-state index contributed by atoms with van der Waals surface area (Å²) in [5.41, 5.74) is 3.27. The van der Waals surface area contributed by atoms with Gasteiger partial charge in [-0.25, -0.2) is 0 Å². The Balaban J connectivity index is 2.06. The van der Waals surface area contributed by atoms with Gasteiger partial charge in [-0.3, -0.25) is 4.79 Å². The molecule has 1 aliphatic rings. The SMILES string of the molecule is CC1=CC(=O)N(c2ccccc2)C(c2ccccc2)C1. The van der Waals surface area contributed by atoms with Crippen molar-refractivity contribution in [2.45, 2.75) is 19.4 Å². The van der Waals surface area contributed by atoms with E-state index in [0.29, 0.717) is 0 Å². The van der Waals surface area contributed by atoms with Crippen LogP contribution < -0.4 is 4.90 Å². The van der Waals surface area contributed by atoms with E-state index >= 15 is 0 Å². The van der Waals surface area contributed by atoms with Gasteiger partial charge in [-0.15, -0.1) is 0 Å². The van der Waals surface area contributed by atoms with Gasteiger partial charge in [0.15, 0.2) is 0 Å². The number of hydrogen-bond donors (Lipinski definition) is 0. The molecule has 0 spiro atoms. The van der Waals surface area contributed by atoms with Crippen molar-refractivity contribution >= 4 is 11.6 Å². The van der Waals surface area contributed by atoms with Gasteiger partial charge in [0, 0.05) is 11.8 Å². The van der Waals surface area contributed by atoms with E-state index in [9.17, 15) is 4.79 Å². The van der Waals surface area contributed by atoms with Crippen LogP contribution in [0.1, 0.15) is 24.9 Å². The second-order valence-corrected chi connectivity index (χ2v) is 5.17. The maximum absolute atomic E-state index is 12.4. The molecule has 0 saturated carbocycles. The van der Waals surface area contributed by atoms with Crippen LogP contribution in [0.2, 0.25) is 0 Å². The number of hydrogen-bond acceptors (Lipinski definition) is 1. The van der Waals surface area contributed by atoms with Crippen LogP contribution in [0.15, 0.2) is 72.3 Å². The van der Waals surface area contributed by atoms with E-state index < -0.39 is 0 Å². The fourth-order valence-electron chi connectivity index (χ4n) is 2.73. The molecule has 0 aromatic heterocycles. The first-order chi connectivity index (χ1) is 9.75. The number of anilines is 1. The first-order valence-corrected chi connectivity index (χ1v) is 6.86. The van der Waals surface area contributed by atoms with Crippen molar-refractivity contribution in [3.63, 3.8) is 0 Å². The summed E-state index contributed by atoms with van der Waals surface area (Å²) in [5, 5.41) is 0. The standard InChI is InChI=1S/C18H17NO/c1-14-12-17(15-8-4-2-5-9-15)19(18(20)13-14)16-10-6-3-7-11-16/h2-11,13,17H,12H2,1H3. The highest BCUT2D eigenvalue weighted by Crippen LogP contribution is 2.35. The largest absolute Gasteiger partial charge is 0.301 e. The van der Waals surface area contributed by atoms with Crippen molar-refractivity contribution in [2.24, 2.45) is 0 Å². The van der Waals surface area contributed by atoms with Gasteiger partial charge in [-0.2, -0.15) is 0 Å². The van der Waals surface area contributed by atoms with Crippen LogP contribution in [0.3, 0.4) is 0 Å². The number of amides is 1. The average Bonchev–Trinajstić information content (AvgIpc) is 2.48. The molecule has 1 heterocycles. The molecule has 0 fully saturated rings. The normalized spacial score (nSPS) is 18.9. The third-order valence-corrected chi connectivity index (χ3v) is 3.65. The lowest BCUT2D eigenvalue weighted by Crippen LogP contribution is -2.36. The van der Waals surface area contributed by atoms with E-state index in [1.54, 1.807) is 6.08 Å². The summed E-state index contributed by atoms with van der Waals surface area (Å²) in [4.78, 5) is 14.3. The molecule has 100 valence electrons. The first-order valence-electron chi connectivity index (χ1n) is 6.86. The van der Waals surface area contributed by atoms with Crippen molar-refractivity contribution in [2.75, 3.05) is 4.90 Å². The van der Waals surface area contributed by atoms with Crippen molar-refractivity contribution in [3.8, 4) is 0 Å². The van der Waals surface area contributed by atoms with Crippen LogP contribution >= 0.6 is 0 Å². The Morgan fingerprint density at radius 1 is 0.950 bits per heavy atom. The zero-order valence-electron chi connectivity index (χ0n) is 11.5. The third kappa shape index (κ3) is 2.37. The summed E-state index contributed by atoms with van der Waals surface area (Å²) < 4.78 is 0. The van der Waals surface area contributed by atoms with Gasteiger partial charge in [0.25, 0.3) is 5.91 Å². The van der Waals surface area contributed by atoms with Crippen LogP contribution in [0, 0.1) is 0 Å². The van der Waals surface area contributed by atoms with E-state index in [2.05, 4.69) is 12.1 Å². The summed E-state index contributed by atoms with van der Waals surface area (Å²) in [6, 6.07) is 20.2. The number of nitrogens with zero attached hydrogens (tertiary/aromatic N) is 1. The monoisotopic (exact) mass is 263 g/mol. The van der Waals surface area contributed by atoms with Gasteiger partial charge in [0.2, 0.25) is 0 Å². The Bertz CT molecular complexity index is 631. The minimum Gasteiger partial charge on any atom is -0.301 e. The first kappa shape index (κ1) is 12.7. The van der Waals surface area contributed by atoms with Crippen LogP contribution in [0.4, 0.5) is 5.69 Å². The van der Waals surface area contributed by atoms with Crippen molar-refractivity contribution in [3.05, 3.63) is 77.9 Å². The molecule has 1 atom stereocenters. The number of benzene rings is 2. The molecule has 0 bridgehead atoms. The third-order valence-electron chi connectivity index (χ3n) is 3.65. The second-order valence-electron chi connectivity index (χ2n) is 5.17. The Labute approximate surface area is 119 Å². The van der Waals surface area contributed by atoms with Crippen molar-refractivity contribution in [1.29, 1.82) is 0 Å². The number of rotatable bonds is 2. The lowest BCUT2D eigenvalue weighted by atomic mass is 9.93. The fraction of sp³-hybridized carbons (Fsp3) is 0.167. The molecule has 2 aromatic carbocycles. The van der Waals surface area contributed by atoms with E-state index in [-0.39, 0.29) is 11.9 Å². The van der Waals surface area contributed by atoms with Gasteiger partial charge >= 0.3 is 0 Å². The molecule has 0 radical (unpaired) electrons. The van der Waals surface area contributed by atoms with E-state index in [4.69, 9.17) is 0 Å². The molecular weight excluding hydrogens is 246 g/mol. The van der Waals surface area contributed by atoms with Crippen LogP contribution in [-0.2, 0) is 4.79 Å². The molecule has 0 saturated heterocycles. The Kier molecular flexibility index (Phi) is 3.38. The summed E-state index contributed by atoms with van der Waals surface area (Å²) in [6.07, 6.45) is 2.62. The highest BCUT2D eigenvalue weighted by Gasteiger charge is 2.29. The quantitative estimate of drug-likeness (QED) is 0.798. The van der Waals surface area contributed by atoms with Crippen molar-refractivity contribution in [1.82, 2.24) is 0 Å². The molecule has 1 unspecified atom stereocenters. The van der Waals surface area contributed by atoms with Gasteiger partial charge < -0.3 is 4.90 Å². The van der Waals surface area contributed by atoms with Crippen LogP contribution in [0.5, 0.6) is 0 Å². The molecule has 1 aliphatic heterocycles.